The molecule has 1 aromatic carbocycles. The average molecular weight is 282 g/mol. The number of hydrogen-bond acceptors (Lipinski definition) is 4. The number of carbonyl (C=O) groups excluding carboxylic acids is 1. The number of unbranched alkanes of at least 4 members (excludes halogenated alkanes) is 2. The maximum atomic E-state index is 11.1. The molecular formula is C15H22O3S. The van der Waals surface area contributed by atoms with Gasteiger partial charge in [-0.05, 0) is 43.2 Å². The summed E-state index contributed by atoms with van der Waals surface area (Å²) in [6.45, 7) is 2.40. The Morgan fingerprint density at radius 2 is 1.95 bits per heavy atom. The van der Waals surface area contributed by atoms with Crippen molar-refractivity contribution in [3.63, 3.8) is 0 Å². The molecule has 19 heavy (non-hydrogen) atoms. The molecule has 0 aliphatic heterocycles. The van der Waals surface area contributed by atoms with Gasteiger partial charge in [0.2, 0.25) is 0 Å². The number of aliphatic hydroxyl groups excluding tert-OH is 1. The summed E-state index contributed by atoms with van der Waals surface area (Å²) in [4.78, 5) is 12.3. The second-order valence-corrected chi connectivity index (χ2v) is 5.43. The zero-order valence-corrected chi connectivity index (χ0v) is 12.2. The molecule has 0 fully saturated rings. The van der Waals surface area contributed by atoms with E-state index in [9.17, 15) is 4.79 Å². The first-order valence-corrected chi connectivity index (χ1v) is 7.73. The Kier molecular flexibility index (Phi) is 8.34. The zero-order valence-electron chi connectivity index (χ0n) is 11.4. The summed E-state index contributed by atoms with van der Waals surface area (Å²) >= 11 is 1.81. The van der Waals surface area contributed by atoms with Crippen LogP contribution in [0, 0.1) is 0 Å². The van der Waals surface area contributed by atoms with Gasteiger partial charge >= 0.3 is 5.97 Å². The Morgan fingerprint density at radius 3 is 2.58 bits per heavy atom. The van der Waals surface area contributed by atoms with Crippen molar-refractivity contribution in [2.45, 2.75) is 44.1 Å². The molecule has 0 aromatic heterocycles. The number of hydrogen-bond donors (Lipinski definition) is 1. The molecule has 0 atom stereocenters. The molecule has 0 aliphatic rings. The first-order chi connectivity index (χ1) is 9.26. The minimum absolute atomic E-state index is 0.0882. The molecule has 1 aromatic rings. The molecule has 0 heterocycles. The van der Waals surface area contributed by atoms with Crippen molar-refractivity contribution in [1.29, 1.82) is 0 Å². The highest BCUT2D eigenvalue weighted by atomic mass is 32.2. The Morgan fingerprint density at radius 1 is 1.21 bits per heavy atom. The van der Waals surface area contributed by atoms with Crippen molar-refractivity contribution in [2.75, 3.05) is 12.4 Å². The SMILES string of the molecule is CCOC(=O)CCCCCSc1ccc(CO)cc1. The molecule has 0 saturated carbocycles. The summed E-state index contributed by atoms with van der Waals surface area (Å²) in [5, 5.41) is 8.94. The van der Waals surface area contributed by atoms with Crippen LogP contribution in [0.1, 0.15) is 38.2 Å². The van der Waals surface area contributed by atoms with Crippen molar-refractivity contribution >= 4 is 17.7 Å². The van der Waals surface area contributed by atoms with Gasteiger partial charge in [-0.15, -0.1) is 11.8 Å². The summed E-state index contributed by atoms with van der Waals surface area (Å²) in [6, 6.07) is 7.97. The van der Waals surface area contributed by atoms with E-state index in [0.717, 1.165) is 30.6 Å². The van der Waals surface area contributed by atoms with Crippen molar-refractivity contribution in [2.24, 2.45) is 0 Å². The van der Waals surface area contributed by atoms with E-state index in [1.807, 2.05) is 43.0 Å². The van der Waals surface area contributed by atoms with Crippen LogP contribution in [0.4, 0.5) is 0 Å². The Labute approximate surface area is 119 Å². The van der Waals surface area contributed by atoms with Crippen molar-refractivity contribution in [3.8, 4) is 0 Å². The third kappa shape index (κ3) is 7.23. The van der Waals surface area contributed by atoms with E-state index in [1.165, 1.54) is 4.90 Å². The van der Waals surface area contributed by atoms with Gasteiger partial charge < -0.3 is 9.84 Å². The molecule has 4 heteroatoms. The topological polar surface area (TPSA) is 46.5 Å². The summed E-state index contributed by atoms with van der Waals surface area (Å²) in [5.74, 6) is 0.969. The van der Waals surface area contributed by atoms with Crippen LogP contribution in [-0.2, 0) is 16.1 Å². The number of thioether (sulfide) groups is 1. The van der Waals surface area contributed by atoms with Gasteiger partial charge in [-0.25, -0.2) is 0 Å². The van der Waals surface area contributed by atoms with E-state index in [4.69, 9.17) is 9.84 Å². The van der Waals surface area contributed by atoms with Crippen LogP contribution >= 0.6 is 11.8 Å². The largest absolute Gasteiger partial charge is 0.466 e. The minimum Gasteiger partial charge on any atom is -0.466 e. The summed E-state index contributed by atoms with van der Waals surface area (Å²) in [5.41, 5.74) is 0.943. The molecule has 1 rings (SSSR count). The lowest BCUT2D eigenvalue weighted by Crippen LogP contribution is -2.03. The predicted octanol–water partition coefficient (Wildman–Crippen LogP) is 3.39. The Bertz CT molecular complexity index is 362. The van der Waals surface area contributed by atoms with E-state index in [1.54, 1.807) is 0 Å². The van der Waals surface area contributed by atoms with Crippen molar-refractivity contribution in [3.05, 3.63) is 29.8 Å². The average Bonchev–Trinajstić information content (AvgIpc) is 2.43. The second-order valence-electron chi connectivity index (χ2n) is 4.27. The zero-order chi connectivity index (χ0) is 13.9. The maximum Gasteiger partial charge on any atom is 0.305 e. The van der Waals surface area contributed by atoms with Gasteiger partial charge in [0, 0.05) is 11.3 Å². The monoisotopic (exact) mass is 282 g/mol. The highest BCUT2D eigenvalue weighted by molar-refractivity contribution is 7.99. The highest BCUT2D eigenvalue weighted by Gasteiger charge is 2.01. The summed E-state index contributed by atoms with van der Waals surface area (Å²) in [6.07, 6.45) is 3.60. The molecule has 0 saturated heterocycles. The fraction of sp³-hybridized carbons (Fsp3) is 0.533. The second kappa shape index (κ2) is 9.87. The lowest BCUT2D eigenvalue weighted by molar-refractivity contribution is -0.143. The number of carbonyl (C=O) groups is 1. The quantitative estimate of drug-likeness (QED) is 0.428. The van der Waals surface area contributed by atoms with Crippen LogP contribution in [0.25, 0.3) is 0 Å². The van der Waals surface area contributed by atoms with Gasteiger partial charge in [-0.3, -0.25) is 4.79 Å². The van der Waals surface area contributed by atoms with E-state index in [-0.39, 0.29) is 12.6 Å². The molecule has 1 N–H and O–H groups in total. The third-order valence-electron chi connectivity index (χ3n) is 2.71. The van der Waals surface area contributed by atoms with Gasteiger partial charge in [-0.1, -0.05) is 18.6 Å². The standard InChI is InChI=1S/C15H22O3S/c1-2-18-15(17)6-4-3-5-11-19-14-9-7-13(12-16)8-10-14/h7-10,16H,2-6,11-12H2,1H3. The third-order valence-corrected chi connectivity index (χ3v) is 3.80. The van der Waals surface area contributed by atoms with Crippen LogP contribution in [0.5, 0.6) is 0 Å². The Hall–Kier alpha value is -1.00. The minimum atomic E-state index is -0.0882. The van der Waals surface area contributed by atoms with E-state index in [2.05, 4.69) is 0 Å². The molecule has 0 radical (unpaired) electrons. The van der Waals surface area contributed by atoms with Gasteiger partial charge in [0.1, 0.15) is 0 Å². The van der Waals surface area contributed by atoms with Gasteiger partial charge in [-0.2, -0.15) is 0 Å². The van der Waals surface area contributed by atoms with Crippen molar-refractivity contribution in [1.82, 2.24) is 0 Å². The van der Waals surface area contributed by atoms with Crippen molar-refractivity contribution < 1.29 is 14.6 Å². The van der Waals surface area contributed by atoms with Gasteiger partial charge in [0.05, 0.1) is 13.2 Å². The van der Waals surface area contributed by atoms with Gasteiger partial charge in [0.25, 0.3) is 0 Å². The molecular weight excluding hydrogens is 260 g/mol. The van der Waals surface area contributed by atoms with Crippen LogP contribution in [0.15, 0.2) is 29.2 Å². The first kappa shape index (κ1) is 16.1. The summed E-state index contributed by atoms with van der Waals surface area (Å²) in [7, 11) is 0. The summed E-state index contributed by atoms with van der Waals surface area (Å²) < 4.78 is 4.87. The highest BCUT2D eigenvalue weighted by Crippen LogP contribution is 2.20. The Balaban J connectivity index is 2.05. The van der Waals surface area contributed by atoms with E-state index in [0.29, 0.717) is 13.0 Å². The molecule has 0 bridgehead atoms. The lowest BCUT2D eigenvalue weighted by Gasteiger charge is -2.03. The normalized spacial score (nSPS) is 10.4. The molecule has 0 unspecified atom stereocenters. The van der Waals surface area contributed by atoms with E-state index >= 15 is 0 Å². The van der Waals surface area contributed by atoms with Crippen LogP contribution < -0.4 is 0 Å². The van der Waals surface area contributed by atoms with Crippen LogP contribution in [0.3, 0.4) is 0 Å². The maximum absolute atomic E-state index is 11.1. The fourth-order valence-corrected chi connectivity index (χ4v) is 2.58. The lowest BCUT2D eigenvalue weighted by atomic mass is 10.2. The number of rotatable bonds is 9. The smallest absolute Gasteiger partial charge is 0.305 e. The predicted molar refractivity (Wildman–Crippen MR) is 78.2 cm³/mol. The van der Waals surface area contributed by atoms with E-state index < -0.39 is 0 Å². The molecule has 3 nitrogen and oxygen atoms in total. The first-order valence-electron chi connectivity index (χ1n) is 6.74. The number of aliphatic hydroxyl groups is 1. The van der Waals surface area contributed by atoms with Crippen LogP contribution in [-0.4, -0.2) is 23.4 Å². The molecule has 0 spiro atoms. The number of benzene rings is 1. The number of ether oxygens (including phenoxy) is 1. The molecule has 106 valence electrons. The number of esters is 1. The molecule has 0 aliphatic carbocycles. The van der Waals surface area contributed by atoms with Gasteiger partial charge in [0.15, 0.2) is 0 Å². The fourth-order valence-electron chi connectivity index (χ4n) is 1.66. The van der Waals surface area contributed by atoms with Crippen LogP contribution in [0.2, 0.25) is 0 Å². The molecule has 0 amide bonds.